The molecule has 0 bridgehead atoms. The van der Waals surface area contributed by atoms with Crippen LogP contribution >= 0.6 is 0 Å². The Hall–Kier alpha value is -2.69. The molecule has 0 aromatic carbocycles. The summed E-state index contributed by atoms with van der Waals surface area (Å²) in [6, 6.07) is -3.17. The number of hydrogen-bond acceptors (Lipinski definition) is 6. The van der Waals surface area contributed by atoms with Crippen LogP contribution < -0.4 is 21.7 Å². The van der Waals surface area contributed by atoms with Gasteiger partial charge in [-0.2, -0.15) is 0 Å². The Bertz CT molecular complexity index is 550. The van der Waals surface area contributed by atoms with Gasteiger partial charge in [0.2, 0.25) is 17.7 Å². The summed E-state index contributed by atoms with van der Waals surface area (Å²) in [5.74, 6) is -4.65. The van der Waals surface area contributed by atoms with E-state index in [0.29, 0.717) is 0 Å². The van der Waals surface area contributed by atoms with Gasteiger partial charge in [-0.3, -0.25) is 24.0 Å². The molecule has 11 heteroatoms. The molecule has 3 unspecified atom stereocenters. The van der Waals surface area contributed by atoms with Crippen molar-refractivity contribution in [3.63, 3.8) is 0 Å². The second-order valence-electron chi connectivity index (χ2n) is 6.11. The molecule has 0 aromatic rings. The van der Waals surface area contributed by atoms with Gasteiger partial charge in [-0.15, -0.1) is 0 Å². The average molecular weight is 374 g/mol. The highest BCUT2D eigenvalue weighted by molar-refractivity contribution is 5.92. The monoisotopic (exact) mass is 374 g/mol. The Kier molecular flexibility index (Phi) is 9.89. The van der Waals surface area contributed by atoms with Crippen molar-refractivity contribution in [2.75, 3.05) is 6.54 Å². The first-order valence-electron chi connectivity index (χ1n) is 8.03. The van der Waals surface area contributed by atoms with Crippen LogP contribution in [0.4, 0.5) is 0 Å². The predicted molar refractivity (Wildman–Crippen MR) is 89.9 cm³/mol. The number of carboxylic acid groups (broad SMARTS) is 2. The molecule has 7 N–H and O–H groups in total. The third-order valence-corrected chi connectivity index (χ3v) is 3.42. The van der Waals surface area contributed by atoms with E-state index in [9.17, 15) is 24.0 Å². The number of hydrogen-bond donors (Lipinski definition) is 6. The second kappa shape index (κ2) is 11.0. The van der Waals surface area contributed by atoms with Gasteiger partial charge >= 0.3 is 11.9 Å². The minimum absolute atomic E-state index is 0.0803. The van der Waals surface area contributed by atoms with Gasteiger partial charge < -0.3 is 31.9 Å². The highest BCUT2D eigenvalue weighted by atomic mass is 16.4. The fourth-order valence-electron chi connectivity index (χ4n) is 1.84. The molecule has 3 amide bonds. The van der Waals surface area contributed by atoms with Crippen molar-refractivity contribution in [3.05, 3.63) is 0 Å². The van der Waals surface area contributed by atoms with Gasteiger partial charge in [0.25, 0.3) is 0 Å². The first-order chi connectivity index (χ1) is 12.0. The average Bonchev–Trinajstić information content (AvgIpc) is 2.54. The lowest BCUT2D eigenvalue weighted by atomic mass is 10.0. The lowest BCUT2D eigenvalue weighted by Crippen LogP contribution is -2.55. The van der Waals surface area contributed by atoms with Gasteiger partial charge in [-0.1, -0.05) is 13.8 Å². The highest BCUT2D eigenvalue weighted by Gasteiger charge is 2.27. The van der Waals surface area contributed by atoms with Gasteiger partial charge in [0.1, 0.15) is 12.1 Å². The van der Waals surface area contributed by atoms with Crippen LogP contribution in [0.15, 0.2) is 0 Å². The minimum atomic E-state index is -1.22. The molecule has 0 saturated carbocycles. The van der Waals surface area contributed by atoms with Crippen molar-refractivity contribution in [3.8, 4) is 0 Å². The highest BCUT2D eigenvalue weighted by Crippen LogP contribution is 2.04. The van der Waals surface area contributed by atoms with E-state index in [4.69, 9.17) is 15.9 Å². The fraction of sp³-hybridized carbons (Fsp3) is 0.667. The van der Waals surface area contributed by atoms with Gasteiger partial charge in [0.05, 0.1) is 12.6 Å². The lowest BCUT2D eigenvalue weighted by Gasteiger charge is -2.23. The lowest BCUT2D eigenvalue weighted by molar-refractivity contribution is -0.141. The van der Waals surface area contributed by atoms with E-state index in [1.54, 1.807) is 13.8 Å². The zero-order chi connectivity index (χ0) is 20.4. The van der Waals surface area contributed by atoms with Gasteiger partial charge in [0, 0.05) is 6.42 Å². The molecule has 0 aromatic heterocycles. The molecule has 0 aliphatic rings. The zero-order valence-electron chi connectivity index (χ0n) is 14.9. The summed E-state index contributed by atoms with van der Waals surface area (Å²) in [5, 5.41) is 24.2. The SMILES string of the molecule is CC(NC(=O)CNC(=O)C(NC(=O)C(N)CCC(=O)O)C(C)C)C(=O)O. The molecule has 0 fully saturated rings. The number of carboxylic acids is 2. The van der Waals surface area contributed by atoms with Crippen molar-refractivity contribution < 1.29 is 34.2 Å². The molecule has 11 nitrogen and oxygen atoms in total. The van der Waals surface area contributed by atoms with Gasteiger partial charge in [0.15, 0.2) is 0 Å². The molecule has 0 aliphatic heterocycles. The Balaban J connectivity index is 4.62. The number of nitrogens with one attached hydrogen (secondary N) is 3. The summed E-state index contributed by atoms with van der Waals surface area (Å²) >= 11 is 0. The van der Waals surface area contributed by atoms with E-state index in [1.807, 2.05) is 0 Å². The maximum Gasteiger partial charge on any atom is 0.325 e. The van der Waals surface area contributed by atoms with Crippen LogP contribution in [0.5, 0.6) is 0 Å². The quantitative estimate of drug-likeness (QED) is 0.240. The van der Waals surface area contributed by atoms with E-state index >= 15 is 0 Å². The van der Waals surface area contributed by atoms with Crippen LogP contribution in [0.2, 0.25) is 0 Å². The van der Waals surface area contributed by atoms with Crippen molar-refractivity contribution >= 4 is 29.7 Å². The summed E-state index contributed by atoms with van der Waals surface area (Å²) in [5.41, 5.74) is 5.59. The minimum Gasteiger partial charge on any atom is -0.481 e. The Morgan fingerprint density at radius 1 is 0.962 bits per heavy atom. The van der Waals surface area contributed by atoms with Crippen molar-refractivity contribution in [1.29, 1.82) is 0 Å². The van der Waals surface area contributed by atoms with Crippen molar-refractivity contribution in [1.82, 2.24) is 16.0 Å². The summed E-state index contributed by atoms with van der Waals surface area (Å²) < 4.78 is 0. The molecular weight excluding hydrogens is 348 g/mol. The molecule has 3 atom stereocenters. The maximum absolute atomic E-state index is 12.2. The second-order valence-corrected chi connectivity index (χ2v) is 6.11. The topological polar surface area (TPSA) is 188 Å². The standard InChI is InChI=1S/C15H26N4O7/c1-7(2)12(19-13(23)9(16)4-5-11(21)22)14(24)17-6-10(20)18-8(3)15(25)26/h7-9,12H,4-6,16H2,1-3H3,(H,17,24)(H,18,20)(H,19,23)(H,21,22)(H,25,26). The molecule has 148 valence electrons. The van der Waals surface area contributed by atoms with Crippen molar-refractivity contribution in [2.24, 2.45) is 11.7 Å². The largest absolute Gasteiger partial charge is 0.481 e. The van der Waals surface area contributed by atoms with Crippen LogP contribution in [0, 0.1) is 5.92 Å². The van der Waals surface area contributed by atoms with Gasteiger partial charge in [-0.05, 0) is 19.3 Å². The molecule has 0 radical (unpaired) electrons. The molecular formula is C15H26N4O7. The number of carbonyl (C=O) groups is 5. The third kappa shape index (κ3) is 8.97. The number of aliphatic carboxylic acids is 2. The Morgan fingerprint density at radius 2 is 1.54 bits per heavy atom. The molecule has 0 aliphatic carbocycles. The maximum atomic E-state index is 12.2. The molecule has 26 heavy (non-hydrogen) atoms. The van der Waals surface area contributed by atoms with E-state index in [0.717, 1.165) is 0 Å². The van der Waals surface area contributed by atoms with E-state index in [1.165, 1.54) is 6.92 Å². The Labute approximate surface area is 150 Å². The fourth-order valence-corrected chi connectivity index (χ4v) is 1.84. The normalized spacial score (nSPS) is 14.0. The smallest absolute Gasteiger partial charge is 0.325 e. The van der Waals surface area contributed by atoms with E-state index < -0.39 is 54.3 Å². The molecule has 0 spiro atoms. The Morgan fingerprint density at radius 3 is 2.00 bits per heavy atom. The van der Waals surface area contributed by atoms with Gasteiger partial charge in [-0.25, -0.2) is 0 Å². The van der Waals surface area contributed by atoms with Crippen LogP contribution in [-0.4, -0.2) is 64.5 Å². The summed E-state index contributed by atoms with van der Waals surface area (Å²) in [7, 11) is 0. The predicted octanol–water partition coefficient (Wildman–Crippen LogP) is -1.98. The van der Waals surface area contributed by atoms with E-state index in [2.05, 4.69) is 16.0 Å². The molecule has 0 heterocycles. The third-order valence-electron chi connectivity index (χ3n) is 3.42. The first kappa shape index (κ1) is 23.3. The van der Waals surface area contributed by atoms with E-state index in [-0.39, 0.29) is 18.8 Å². The van der Waals surface area contributed by atoms with Crippen LogP contribution in [0.1, 0.15) is 33.6 Å². The van der Waals surface area contributed by atoms with Crippen molar-refractivity contribution in [2.45, 2.75) is 51.7 Å². The summed E-state index contributed by atoms with van der Waals surface area (Å²) in [6.45, 7) is 4.15. The molecule has 0 rings (SSSR count). The van der Waals surface area contributed by atoms with Crippen LogP contribution in [0.3, 0.4) is 0 Å². The zero-order valence-corrected chi connectivity index (χ0v) is 14.9. The molecule has 0 saturated heterocycles. The number of rotatable bonds is 11. The summed E-state index contributed by atoms with van der Waals surface area (Å²) in [4.78, 5) is 56.9. The summed E-state index contributed by atoms with van der Waals surface area (Å²) in [6.07, 6.45) is -0.363. The van der Waals surface area contributed by atoms with Crippen LogP contribution in [-0.2, 0) is 24.0 Å². The number of nitrogens with two attached hydrogens (primary N) is 1. The number of carbonyl (C=O) groups excluding carboxylic acids is 3. The first-order valence-corrected chi connectivity index (χ1v) is 8.03. The number of amides is 3. The van der Waals surface area contributed by atoms with Crippen LogP contribution in [0.25, 0.3) is 0 Å².